The van der Waals surface area contributed by atoms with Crippen molar-refractivity contribution in [2.45, 2.75) is 13.0 Å². The summed E-state index contributed by atoms with van der Waals surface area (Å²) in [5.74, 6) is 0. The molecule has 0 aromatic heterocycles. The molecule has 0 spiro atoms. The number of carbonyl (C=O) groups excluding carboxylic acids is 1. The molecule has 2 amide bonds. The van der Waals surface area contributed by atoms with Crippen LogP contribution in [0.25, 0.3) is 0 Å². The molecule has 23 heavy (non-hydrogen) atoms. The van der Waals surface area contributed by atoms with Crippen molar-refractivity contribution in [3.8, 4) is 0 Å². The van der Waals surface area contributed by atoms with Gasteiger partial charge in [0.2, 0.25) is 0 Å². The van der Waals surface area contributed by atoms with E-state index < -0.39 is 0 Å². The molecule has 2 aliphatic heterocycles. The molecule has 0 atom stereocenters. The van der Waals surface area contributed by atoms with Crippen LogP contribution in [-0.4, -0.2) is 73.2 Å². The summed E-state index contributed by atoms with van der Waals surface area (Å²) in [7, 11) is 0. The highest BCUT2D eigenvalue weighted by Crippen LogP contribution is 2.13. The maximum Gasteiger partial charge on any atom is 0.320 e. The molecule has 3 rings (SSSR count). The fourth-order valence-corrected chi connectivity index (χ4v) is 3.78. The molecular weight excluding hydrogens is 405 g/mol. The normalized spacial score (nSPS) is 20.4. The predicted molar refractivity (Wildman–Crippen MR) is 98.4 cm³/mol. The lowest BCUT2D eigenvalue weighted by Crippen LogP contribution is -2.49. The molecule has 2 saturated heterocycles. The number of carbonyl (C=O) groups is 1. The number of halogens is 1. The van der Waals surface area contributed by atoms with Gasteiger partial charge in [-0.1, -0.05) is 12.1 Å². The summed E-state index contributed by atoms with van der Waals surface area (Å²) < 4.78 is 6.61. The molecule has 1 aromatic carbocycles. The topological polar surface area (TPSA) is 36.0 Å². The highest BCUT2D eigenvalue weighted by atomic mass is 127. The predicted octanol–water partition coefficient (Wildman–Crippen LogP) is 2.25. The lowest BCUT2D eigenvalue weighted by Gasteiger charge is -2.32. The molecule has 126 valence electrons. The van der Waals surface area contributed by atoms with Gasteiger partial charge in [0.1, 0.15) is 0 Å². The Kier molecular flexibility index (Phi) is 6.13. The van der Waals surface area contributed by atoms with Crippen molar-refractivity contribution in [3.05, 3.63) is 33.4 Å². The van der Waals surface area contributed by atoms with Gasteiger partial charge in [0.25, 0.3) is 0 Å². The highest BCUT2D eigenvalue weighted by Gasteiger charge is 2.24. The molecule has 5 nitrogen and oxygen atoms in total. The van der Waals surface area contributed by atoms with Gasteiger partial charge in [-0.2, -0.15) is 0 Å². The SMILES string of the molecule is O=C(N1CCOCC1)N1CCCN(Cc2cccc(I)c2)CC1. The van der Waals surface area contributed by atoms with Crippen molar-refractivity contribution in [3.63, 3.8) is 0 Å². The fourth-order valence-electron chi connectivity index (χ4n) is 3.17. The lowest BCUT2D eigenvalue weighted by molar-refractivity contribution is 0.0436. The molecule has 0 radical (unpaired) electrons. The van der Waals surface area contributed by atoms with Gasteiger partial charge >= 0.3 is 6.03 Å². The van der Waals surface area contributed by atoms with E-state index in [2.05, 4.69) is 51.8 Å². The Labute approximate surface area is 151 Å². The van der Waals surface area contributed by atoms with E-state index >= 15 is 0 Å². The van der Waals surface area contributed by atoms with Crippen LogP contribution in [-0.2, 0) is 11.3 Å². The van der Waals surface area contributed by atoms with E-state index in [0.29, 0.717) is 13.2 Å². The molecule has 0 bridgehead atoms. The third kappa shape index (κ3) is 4.81. The Morgan fingerprint density at radius 3 is 2.61 bits per heavy atom. The molecule has 2 aliphatic rings. The number of hydrogen-bond acceptors (Lipinski definition) is 3. The number of morpholine rings is 1. The van der Waals surface area contributed by atoms with Crippen molar-refractivity contribution in [1.29, 1.82) is 0 Å². The smallest absolute Gasteiger partial charge is 0.320 e. The first-order valence-corrected chi connectivity index (χ1v) is 9.38. The van der Waals surface area contributed by atoms with Gasteiger partial charge in [-0.3, -0.25) is 4.90 Å². The van der Waals surface area contributed by atoms with Gasteiger partial charge in [-0.15, -0.1) is 0 Å². The Morgan fingerprint density at radius 1 is 1.04 bits per heavy atom. The third-order valence-electron chi connectivity index (χ3n) is 4.44. The maximum absolute atomic E-state index is 12.6. The van der Waals surface area contributed by atoms with Gasteiger partial charge in [0.05, 0.1) is 13.2 Å². The number of hydrogen-bond donors (Lipinski definition) is 0. The van der Waals surface area contributed by atoms with E-state index in [0.717, 1.165) is 52.2 Å². The zero-order valence-corrected chi connectivity index (χ0v) is 15.6. The largest absolute Gasteiger partial charge is 0.378 e. The van der Waals surface area contributed by atoms with Gasteiger partial charge in [-0.25, -0.2) is 4.79 Å². The summed E-state index contributed by atoms with van der Waals surface area (Å²) in [6, 6.07) is 8.84. The average Bonchev–Trinajstić information content (AvgIpc) is 2.81. The van der Waals surface area contributed by atoms with E-state index in [9.17, 15) is 4.79 Å². The van der Waals surface area contributed by atoms with Crippen LogP contribution in [0.3, 0.4) is 0 Å². The summed E-state index contributed by atoms with van der Waals surface area (Å²) in [6.45, 7) is 7.43. The van der Waals surface area contributed by atoms with Gasteiger partial charge in [-0.05, 0) is 46.7 Å². The van der Waals surface area contributed by atoms with Crippen LogP contribution in [0, 0.1) is 3.57 Å². The minimum Gasteiger partial charge on any atom is -0.378 e. The Morgan fingerprint density at radius 2 is 1.83 bits per heavy atom. The molecule has 1 aromatic rings. The highest BCUT2D eigenvalue weighted by molar-refractivity contribution is 14.1. The molecule has 6 heteroatoms. The monoisotopic (exact) mass is 429 g/mol. The molecule has 0 unspecified atom stereocenters. The second-order valence-corrected chi connectivity index (χ2v) is 7.37. The van der Waals surface area contributed by atoms with Crippen molar-refractivity contribution in [2.24, 2.45) is 0 Å². The first-order chi connectivity index (χ1) is 11.2. The van der Waals surface area contributed by atoms with Gasteiger partial charge < -0.3 is 14.5 Å². The molecule has 0 N–H and O–H groups in total. The maximum atomic E-state index is 12.6. The molecule has 2 heterocycles. The molecule has 0 aliphatic carbocycles. The van der Waals surface area contributed by atoms with Gasteiger partial charge in [0.15, 0.2) is 0 Å². The van der Waals surface area contributed by atoms with Crippen LogP contribution >= 0.6 is 22.6 Å². The number of nitrogens with zero attached hydrogens (tertiary/aromatic N) is 3. The van der Waals surface area contributed by atoms with E-state index in [-0.39, 0.29) is 6.03 Å². The van der Waals surface area contributed by atoms with Crippen molar-refractivity contribution in [1.82, 2.24) is 14.7 Å². The van der Waals surface area contributed by atoms with Crippen LogP contribution in [0.15, 0.2) is 24.3 Å². The molecule has 2 fully saturated rings. The van der Waals surface area contributed by atoms with E-state index in [1.165, 1.54) is 9.13 Å². The Bertz CT molecular complexity index is 534. The van der Waals surface area contributed by atoms with E-state index in [4.69, 9.17) is 4.74 Å². The van der Waals surface area contributed by atoms with Crippen molar-refractivity contribution in [2.75, 3.05) is 52.5 Å². The molecular formula is C17H24IN3O2. The number of amides is 2. The number of rotatable bonds is 2. The van der Waals surface area contributed by atoms with Crippen LogP contribution in [0.2, 0.25) is 0 Å². The Hall–Kier alpha value is -0.860. The second-order valence-electron chi connectivity index (χ2n) is 6.13. The van der Waals surface area contributed by atoms with Crippen LogP contribution in [0.5, 0.6) is 0 Å². The Balaban J connectivity index is 1.53. The van der Waals surface area contributed by atoms with Crippen LogP contribution in [0.4, 0.5) is 4.79 Å². The number of ether oxygens (including phenoxy) is 1. The fraction of sp³-hybridized carbons (Fsp3) is 0.588. The van der Waals surface area contributed by atoms with Crippen molar-refractivity contribution < 1.29 is 9.53 Å². The first-order valence-electron chi connectivity index (χ1n) is 8.31. The van der Waals surface area contributed by atoms with Gasteiger partial charge in [0, 0.05) is 49.4 Å². The second kappa shape index (κ2) is 8.30. The summed E-state index contributed by atoms with van der Waals surface area (Å²) in [6.07, 6.45) is 1.04. The third-order valence-corrected chi connectivity index (χ3v) is 5.11. The minimum atomic E-state index is 0.185. The molecule has 0 saturated carbocycles. The van der Waals surface area contributed by atoms with Crippen molar-refractivity contribution >= 4 is 28.6 Å². The summed E-state index contributed by atoms with van der Waals surface area (Å²) in [4.78, 5) is 19.0. The standard InChI is InChI=1S/C17H24IN3O2/c18-16-4-1-3-15(13-16)14-19-5-2-6-20(8-7-19)17(22)21-9-11-23-12-10-21/h1,3-4,13H,2,5-12,14H2. The lowest BCUT2D eigenvalue weighted by atomic mass is 10.2. The zero-order valence-electron chi connectivity index (χ0n) is 13.4. The van der Waals surface area contributed by atoms with Crippen LogP contribution in [0.1, 0.15) is 12.0 Å². The zero-order chi connectivity index (χ0) is 16.1. The summed E-state index contributed by atoms with van der Waals surface area (Å²) in [5.41, 5.74) is 1.35. The number of benzene rings is 1. The van der Waals surface area contributed by atoms with E-state index in [1.807, 2.05) is 9.80 Å². The average molecular weight is 429 g/mol. The first kappa shape index (κ1) is 17.0. The quantitative estimate of drug-likeness (QED) is 0.677. The minimum absolute atomic E-state index is 0.185. The summed E-state index contributed by atoms with van der Waals surface area (Å²) in [5, 5.41) is 0. The number of urea groups is 1. The van der Waals surface area contributed by atoms with Crippen LogP contribution < -0.4 is 0 Å². The summed E-state index contributed by atoms with van der Waals surface area (Å²) >= 11 is 2.36. The van der Waals surface area contributed by atoms with E-state index in [1.54, 1.807) is 0 Å².